The number of nitrogens with one attached hydrogen (secondary N) is 1. The topological polar surface area (TPSA) is 206 Å². The molecule has 9 atom stereocenters. The number of amides is 1. The number of hydrogen-bond acceptors (Lipinski definition) is 10. The molecule has 6 unspecified atom stereocenters. The van der Waals surface area contributed by atoms with E-state index >= 15 is 0 Å². The van der Waals surface area contributed by atoms with Crippen molar-refractivity contribution in [2.45, 2.75) is 409 Å². The standard InChI is InChI=1S/C66H132NO11P/c1-3-5-7-9-11-13-15-17-19-21-22-23-24-25-26-27-28-29-30-31-32-33-34-35-36-37-38-39-40-42-44-46-48-50-52-54-56-60(69)67-58(57-77-79(75,76)78-66-64(73)62(71)61(70)63(72)65(66)74)59(68)55-53-51-49-47-45-43-41-20-18-16-14-12-10-8-6-4-2/h58-59,61-66,68,70-74H,3-57H2,1-2H3,(H,67,69)(H,75,76)/t58-,59+,61?,62+,63?,64?,65?,66?/m0/s1. The molecule has 0 aromatic carbocycles. The molecule has 1 fully saturated rings. The molecule has 0 bridgehead atoms. The van der Waals surface area contributed by atoms with Crippen LogP contribution in [0.4, 0.5) is 0 Å². The predicted molar refractivity (Wildman–Crippen MR) is 329 cm³/mol. The molecule has 0 aliphatic heterocycles. The highest BCUT2D eigenvalue weighted by Gasteiger charge is 2.51. The van der Waals surface area contributed by atoms with Crippen molar-refractivity contribution in [3.63, 3.8) is 0 Å². The maximum atomic E-state index is 13.1. The Balaban J connectivity index is 2.13. The van der Waals surface area contributed by atoms with Crippen LogP contribution < -0.4 is 5.32 Å². The van der Waals surface area contributed by atoms with E-state index in [-0.39, 0.29) is 12.3 Å². The van der Waals surface area contributed by atoms with Crippen LogP contribution in [-0.4, -0.2) is 96.8 Å². The van der Waals surface area contributed by atoms with Crippen molar-refractivity contribution < 1.29 is 53.9 Å². The second-order valence-corrected chi connectivity index (χ2v) is 26.2. The Morgan fingerprint density at radius 1 is 0.380 bits per heavy atom. The van der Waals surface area contributed by atoms with Gasteiger partial charge < -0.3 is 40.8 Å². The molecule has 472 valence electrons. The summed E-state index contributed by atoms with van der Waals surface area (Å²) in [5.74, 6) is -0.298. The zero-order chi connectivity index (χ0) is 57.7. The SMILES string of the molecule is CCCCCCCCCCCCCCCCCCCCCCCCCCCCCCCCCCCCCCC(=O)N[C@@H](COP(=O)(O)OC1C(O)C(O)C(O)[C@@H](O)C1O)[C@H](O)CCCCCCCCCCCCCCCCCC. The zero-order valence-corrected chi connectivity index (χ0v) is 52.6. The first kappa shape index (κ1) is 76.4. The van der Waals surface area contributed by atoms with Crippen molar-refractivity contribution in [2.24, 2.45) is 0 Å². The van der Waals surface area contributed by atoms with Gasteiger partial charge in [-0.15, -0.1) is 0 Å². The van der Waals surface area contributed by atoms with Gasteiger partial charge in [0.15, 0.2) is 0 Å². The molecule has 1 aliphatic rings. The summed E-state index contributed by atoms with van der Waals surface area (Å²) in [5, 5.41) is 64.6. The minimum Gasteiger partial charge on any atom is -0.391 e. The van der Waals surface area contributed by atoms with Crippen molar-refractivity contribution in [1.82, 2.24) is 5.32 Å². The largest absolute Gasteiger partial charge is 0.472 e. The summed E-state index contributed by atoms with van der Waals surface area (Å²) in [4.78, 5) is 23.6. The first-order valence-electron chi connectivity index (χ1n) is 34.5. The van der Waals surface area contributed by atoms with Gasteiger partial charge in [-0.3, -0.25) is 13.8 Å². The van der Waals surface area contributed by atoms with E-state index in [0.29, 0.717) is 19.3 Å². The normalized spacial score (nSPS) is 20.2. The van der Waals surface area contributed by atoms with Gasteiger partial charge >= 0.3 is 7.82 Å². The molecule has 0 aromatic heterocycles. The Morgan fingerprint density at radius 2 is 0.608 bits per heavy atom. The predicted octanol–water partition coefficient (Wildman–Crippen LogP) is 17.3. The fourth-order valence-electron chi connectivity index (χ4n) is 11.7. The first-order valence-corrected chi connectivity index (χ1v) is 36.0. The number of carbonyl (C=O) groups is 1. The highest BCUT2D eigenvalue weighted by Crippen LogP contribution is 2.47. The summed E-state index contributed by atoms with van der Waals surface area (Å²) in [6.45, 7) is 3.96. The Bertz CT molecular complexity index is 1330. The molecular weight excluding hydrogens is 1010 g/mol. The van der Waals surface area contributed by atoms with Crippen LogP contribution in [-0.2, 0) is 18.4 Å². The van der Waals surface area contributed by atoms with E-state index in [0.717, 1.165) is 38.5 Å². The molecule has 79 heavy (non-hydrogen) atoms. The lowest BCUT2D eigenvalue weighted by Gasteiger charge is -2.41. The fourth-order valence-corrected chi connectivity index (χ4v) is 12.6. The number of phosphoric ester groups is 1. The maximum Gasteiger partial charge on any atom is 0.472 e. The molecule has 13 heteroatoms. The quantitative estimate of drug-likeness (QED) is 0.0212. The highest BCUT2D eigenvalue weighted by atomic mass is 31.2. The Labute approximate surface area is 487 Å². The van der Waals surface area contributed by atoms with E-state index in [1.165, 1.54) is 283 Å². The number of phosphoric acid groups is 1. The van der Waals surface area contributed by atoms with Gasteiger partial charge in [0.25, 0.3) is 0 Å². The molecule has 1 aliphatic carbocycles. The van der Waals surface area contributed by atoms with E-state index in [1.54, 1.807) is 0 Å². The van der Waals surface area contributed by atoms with Crippen LogP contribution in [0, 0.1) is 0 Å². The second-order valence-electron chi connectivity index (χ2n) is 24.7. The molecule has 0 saturated heterocycles. The number of carbonyl (C=O) groups excluding carboxylic acids is 1. The summed E-state index contributed by atoms with van der Waals surface area (Å²) in [6.07, 6.45) is 56.1. The number of hydrogen-bond donors (Lipinski definition) is 8. The summed E-state index contributed by atoms with van der Waals surface area (Å²) in [5.41, 5.74) is 0. The number of aliphatic hydroxyl groups excluding tert-OH is 6. The van der Waals surface area contributed by atoms with E-state index in [1.807, 2.05) is 0 Å². The molecule has 1 rings (SSSR count). The Morgan fingerprint density at radius 3 is 0.873 bits per heavy atom. The van der Waals surface area contributed by atoms with E-state index in [2.05, 4.69) is 19.2 Å². The zero-order valence-electron chi connectivity index (χ0n) is 51.7. The van der Waals surface area contributed by atoms with Crippen LogP contribution in [0.5, 0.6) is 0 Å². The number of rotatable bonds is 61. The van der Waals surface area contributed by atoms with E-state index in [9.17, 15) is 44.9 Å². The summed E-state index contributed by atoms with van der Waals surface area (Å²) < 4.78 is 23.2. The van der Waals surface area contributed by atoms with Crippen molar-refractivity contribution in [2.75, 3.05) is 6.61 Å². The third kappa shape index (κ3) is 45.4. The first-order chi connectivity index (χ1) is 38.4. The van der Waals surface area contributed by atoms with Crippen LogP contribution in [0.15, 0.2) is 0 Å². The summed E-state index contributed by atoms with van der Waals surface area (Å²) in [7, 11) is -5.06. The van der Waals surface area contributed by atoms with Crippen molar-refractivity contribution in [3.8, 4) is 0 Å². The number of unbranched alkanes of at least 4 members (excludes halogenated alkanes) is 50. The molecular formula is C66H132NO11P. The molecule has 0 aromatic rings. The van der Waals surface area contributed by atoms with Crippen molar-refractivity contribution in [3.05, 3.63) is 0 Å². The molecule has 0 spiro atoms. The third-order valence-electron chi connectivity index (χ3n) is 17.2. The van der Waals surface area contributed by atoms with Gasteiger partial charge in [-0.2, -0.15) is 0 Å². The maximum absolute atomic E-state index is 13.1. The minimum atomic E-state index is -5.06. The summed E-state index contributed by atoms with van der Waals surface area (Å²) >= 11 is 0. The van der Waals surface area contributed by atoms with E-state index < -0.39 is 63.2 Å². The molecule has 1 saturated carbocycles. The van der Waals surface area contributed by atoms with Crippen LogP contribution >= 0.6 is 7.82 Å². The second kappa shape index (κ2) is 55.2. The lowest BCUT2D eigenvalue weighted by Crippen LogP contribution is -2.64. The molecule has 12 nitrogen and oxygen atoms in total. The van der Waals surface area contributed by atoms with Gasteiger partial charge in [0.05, 0.1) is 18.8 Å². The summed E-state index contributed by atoms with van der Waals surface area (Å²) in [6, 6.07) is -1.03. The molecule has 0 radical (unpaired) electrons. The lowest BCUT2D eigenvalue weighted by molar-refractivity contribution is -0.220. The number of aliphatic hydroxyl groups is 6. The fraction of sp³-hybridized carbons (Fsp3) is 0.985. The highest BCUT2D eigenvalue weighted by molar-refractivity contribution is 7.47. The third-order valence-corrected chi connectivity index (χ3v) is 18.2. The minimum absolute atomic E-state index is 0.244. The van der Waals surface area contributed by atoms with Crippen molar-refractivity contribution in [1.29, 1.82) is 0 Å². The van der Waals surface area contributed by atoms with Crippen LogP contribution in [0.2, 0.25) is 0 Å². The van der Waals surface area contributed by atoms with Gasteiger partial charge in [0.1, 0.15) is 36.6 Å². The lowest BCUT2D eigenvalue weighted by atomic mass is 9.85. The molecule has 1 amide bonds. The Hall–Kier alpha value is -0.660. The molecule has 8 N–H and O–H groups in total. The van der Waals surface area contributed by atoms with Gasteiger partial charge in [-0.25, -0.2) is 4.57 Å². The van der Waals surface area contributed by atoms with E-state index in [4.69, 9.17) is 9.05 Å². The van der Waals surface area contributed by atoms with Gasteiger partial charge in [0.2, 0.25) is 5.91 Å². The average molecular weight is 1150 g/mol. The molecule has 0 heterocycles. The monoisotopic (exact) mass is 1150 g/mol. The van der Waals surface area contributed by atoms with Crippen LogP contribution in [0.3, 0.4) is 0 Å². The Kier molecular flexibility index (Phi) is 53.4. The van der Waals surface area contributed by atoms with Gasteiger partial charge in [0, 0.05) is 6.42 Å². The van der Waals surface area contributed by atoms with Gasteiger partial charge in [-0.1, -0.05) is 341 Å². The van der Waals surface area contributed by atoms with Crippen molar-refractivity contribution >= 4 is 13.7 Å². The van der Waals surface area contributed by atoms with Crippen LogP contribution in [0.1, 0.15) is 361 Å². The average Bonchev–Trinajstić information content (AvgIpc) is 3.44. The van der Waals surface area contributed by atoms with Gasteiger partial charge in [-0.05, 0) is 12.8 Å². The van der Waals surface area contributed by atoms with Crippen LogP contribution in [0.25, 0.3) is 0 Å². The smallest absolute Gasteiger partial charge is 0.391 e.